The molecule has 0 aromatic heterocycles. The van der Waals surface area contributed by atoms with E-state index in [2.05, 4.69) is 39.1 Å². The number of hydrogen-bond donors (Lipinski definition) is 0. The van der Waals surface area contributed by atoms with Crippen molar-refractivity contribution in [3.8, 4) is 17.2 Å². The molecule has 0 bridgehead atoms. The maximum atomic E-state index is 6.40. The molecule has 144 valence electrons. The first-order valence-electron chi connectivity index (χ1n) is 9.53. The van der Waals surface area contributed by atoms with E-state index in [1.807, 2.05) is 48.5 Å². The first-order valence-corrected chi connectivity index (χ1v) is 10.3. The fourth-order valence-corrected chi connectivity index (χ4v) is 4.53. The lowest BCUT2D eigenvalue weighted by Gasteiger charge is -2.38. The van der Waals surface area contributed by atoms with E-state index in [0.717, 1.165) is 50.5 Å². The van der Waals surface area contributed by atoms with E-state index in [9.17, 15) is 0 Å². The van der Waals surface area contributed by atoms with Crippen molar-refractivity contribution in [1.82, 2.24) is 5.01 Å². The fraction of sp³-hybridized carbons (Fsp3) is 0.174. The van der Waals surface area contributed by atoms with Gasteiger partial charge in [0.25, 0.3) is 0 Å². The fourth-order valence-electron chi connectivity index (χ4n) is 4.15. The Kier molecular flexibility index (Phi) is 3.81. The zero-order chi connectivity index (χ0) is 19.4. The molecule has 3 aromatic carbocycles. The largest absolute Gasteiger partial charge is 0.464 e. The highest BCUT2D eigenvalue weighted by Crippen LogP contribution is 2.48. The van der Waals surface area contributed by atoms with Crippen LogP contribution in [-0.4, -0.2) is 17.5 Å². The summed E-state index contributed by atoms with van der Waals surface area (Å²) in [6.07, 6.45) is 0.539. The zero-order valence-electron chi connectivity index (χ0n) is 15.4. The molecular formula is C23H17BrN2O3. The molecule has 2 atom stereocenters. The Morgan fingerprint density at radius 3 is 2.62 bits per heavy atom. The SMILES string of the molecule is Brc1ccc2c(c1)[C@@H]1CC(c3ccc4c(c3)OCO4)=NN1[C@H](c1ccccc1)O2. The van der Waals surface area contributed by atoms with Gasteiger partial charge in [-0.05, 0) is 36.4 Å². The monoisotopic (exact) mass is 448 g/mol. The van der Waals surface area contributed by atoms with E-state index in [-0.39, 0.29) is 19.1 Å². The average Bonchev–Trinajstić information content (AvgIpc) is 3.40. The van der Waals surface area contributed by atoms with Crippen LogP contribution in [0.1, 0.15) is 35.4 Å². The molecule has 6 heteroatoms. The van der Waals surface area contributed by atoms with Crippen molar-refractivity contribution >= 4 is 21.6 Å². The Morgan fingerprint density at radius 2 is 1.72 bits per heavy atom. The van der Waals surface area contributed by atoms with Crippen molar-refractivity contribution in [3.63, 3.8) is 0 Å². The molecule has 0 aliphatic carbocycles. The lowest BCUT2D eigenvalue weighted by molar-refractivity contribution is -0.0190. The van der Waals surface area contributed by atoms with Gasteiger partial charge in [0.05, 0.1) is 11.8 Å². The topological polar surface area (TPSA) is 43.3 Å². The quantitative estimate of drug-likeness (QED) is 0.524. The molecule has 6 rings (SSSR count). The van der Waals surface area contributed by atoms with Crippen LogP contribution in [0.15, 0.2) is 76.3 Å². The third-order valence-corrected chi connectivity index (χ3v) is 6.04. The first kappa shape index (κ1) is 16.9. The minimum atomic E-state index is -0.263. The van der Waals surface area contributed by atoms with Gasteiger partial charge in [-0.2, -0.15) is 5.10 Å². The molecule has 0 N–H and O–H groups in total. The Hall–Kier alpha value is -2.99. The van der Waals surface area contributed by atoms with Crippen molar-refractivity contribution in [2.45, 2.75) is 18.7 Å². The van der Waals surface area contributed by atoms with Crippen LogP contribution in [0.25, 0.3) is 0 Å². The summed E-state index contributed by atoms with van der Waals surface area (Å²) in [5.74, 6) is 2.46. The van der Waals surface area contributed by atoms with Crippen molar-refractivity contribution in [2.24, 2.45) is 5.10 Å². The molecule has 29 heavy (non-hydrogen) atoms. The summed E-state index contributed by atoms with van der Waals surface area (Å²) >= 11 is 3.60. The molecule has 0 radical (unpaired) electrons. The molecule has 5 nitrogen and oxygen atoms in total. The molecule has 3 aliphatic heterocycles. The van der Waals surface area contributed by atoms with Gasteiger partial charge in [0.2, 0.25) is 13.0 Å². The second-order valence-corrected chi connectivity index (χ2v) is 8.19. The molecule has 0 saturated carbocycles. The Morgan fingerprint density at radius 1 is 0.897 bits per heavy atom. The van der Waals surface area contributed by atoms with E-state index >= 15 is 0 Å². The predicted octanol–water partition coefficient (Wildman–Crippen LogP) is 5.42. The molecule has 3 heterocycles. The van der Waals surface area contributed by atoms with Crippen LogP contribution in [0.2, 0.25) is 0 Å². The van der Waals surface area contributed by atoms with Crippen LogP contribution in [0.5, 0.6) is 17.2 Å². The molecule has 0 unspecified atom stereocenters. The van der Waals surface area contributed by atoms with Gasteiger partial charge >= 0.3 is 0 Å². The Balaban J connectivity index is 1.44. The third kappa shape index (κ3) is 2.78. The third-order valence-electron chi connectivity index (χ3n) is 5.54. The zero-order valence-corrected chi connectivity index (χ0v) is 17.0. The van der Waals surface area contributed by atoms with E-state index in [4.69, 9.17) is 19.3 Å². The van der Waals surface area contributed by atoms with Crippen molar-refractivity contribution in [2.75, 3.05) is 6.79 Å². The van der Waals surface area contributed by atoms with Crippen LogP contribution >= 0.6 is 15.9 Å². The first-order chi connectivity index (χ1) is 14.3. The minimum absolute atomic E-state index is 0.113. The molecule has 3 aromatic rings. The maximum Gasteiger partial charge on any atom is 0.231 e. The highest BCUT2D eigenvalue weighted by molar-refractivity contribution is 9.10. The summed E-state index contributed by atoms with van der Waals surface area (Å²) in [5, 5.41) is 7.09. The second kappa shape index (κ2) is 6.52. The molecular weight excluding hydrogens is 432 g/mol. The number of ether oxygens (including phenoxy) is 3. The van der Waals surface area contributed by atoms with Crippen molar-refractivity contribution < 1.29 is 14.2 Å². The Bertz CT molecular complexity index is 1130. The number of benzene rings is 3. The molecule has 3 aliphatic rings. The van der Waals surface area contributed by atoms with Crippen LogP contribution in [-0.2, 0) is 0 Å². The number of hydrogen-bond acceptors (Lipinski definition) is 5. The lowest BCUT2D eigenvalue weighted by Crippen LogP contribution is -2.33. The number of rotatable bonds is 2. The summed E-state index contributed by atoms with van der Waals surface area (Å²) in [6, 6.07) is 22.6. The van der Waals surface area contributed by atoms with Gasteiger partial charge in [-0.25, -0.2) is 5.01 Å². The van der Waals surface area contributed by atoms with Gasteiger partial charge in [0, 0.05) is 27.6 Å². The average molecular weight is 449 g/mol. The summed E-state index contributed by atoms with van der Waals surface area (Å²) < 4.78 is 18.4. The highest BCUT2D eigenvalue weighted by atomic mass is 79.9. The van der Waals surface area contributed by atoms with Gasteiger partial charge in [0.15, 0.2) is 11.5 Å². The second-order valence-electron chi connectivity index (χ2n) is 7.28. The van der Waals surface area contributed by atoms with Crippen molar-refractivity contribution in [1.29, 1.82) is 0 Å². The molecule has 0 saturated heterocycles. The highest BCUT2D eigenvalue weighted by Gasteiger charge is 2.41. The van der Waals surface area contributed by atoms with E-state index in [0.29, 0.717) is 0 Å². The molecule has 0 amide bonds. The smallest absolute Gasteiger partial charge is 0.231 e. The molecule has 0 spiro atoms. The van der Waals surface area contributed by atoms with Gasteiger partial charge in [0.1, 0.15) is 5.75 Å². The standard InChI is InChI=1S/C23H17BrN2O3/c24-16-7-9-20-17(11-16)19-12-18(15-6-8-21-22(10-15)28-13-27-21)25-26(19)23(29-20)14-4-2-1-3-5-14/h1-11,19,23H,12-13H2/t19-,23-/m0/s1. The Labute approximate surface area is 176 Å². The number of hydrazone groups is 1. The van der Waals surface area contributed by atoms with Gasteiger partial charge < -0.3 is 14.2 Å². The maximum absolute atomic E-state index is 6.40. The summed E-state index contributed by atoms with van der Waals surface area (Å²) in [7, 11) is 0. The normalized spacial score (nSPS) is 21.3. The number of fused-ring (bicyclic) bond motifs is 4. The van der Waals surface area contributed by atoms with Crippen molar-refractivity contribution in [3.05, 3.63) is 87.9 Å². The number of nitrogens with zero attached hydrogens (tertiary/aromatic N) is 2. The summed E-state index contributed by atoms with van der Waals surface area (Å²) in [4.78, 5) is 0. The summed E-state index contributed by atoms with van der Waals surface area (Å²) in [5.41, 5.74) is 4.30. The van der Waals surface area contributed by atoms with E-state index in [1.165, 1.54) is 0 Å². The van der Waals surface area contributed by atoms with Crippen LogP contribution in [0.4, 0.5) is 0 Å². The van der Waals surface area contributed by atoms with E-state index < -0.39 is 0 Å². The van der Waals surface area contributed by atoms with Crippen LogP contribution < -0.4 is 14.2 Å². The van der Waals surface area contributed by atoms with Crippen LogP contribution in [0, 0.1) is 0 Å². The van der Waals surface area contributed by atoms with Gasteiger partial charge in [-0.15, -0.1) is 0 Å². The number of halogens is 1. The summed E-state index contributed by atoms with van der Waals surface area (Å²) in [6.45, 7) is 0.269. The van der Waals surface area contributed by atoms with Gasteiger partial charge in [-0.1, -0.05) is 46.3 Å². The van der Waals surface area contributed by atoms with E-state index in [1.54, 1.807) is 0 Å². The predicted molar refractivity (Wildman–Crippen MR) is 112 cm³/mol. The van der Waals surface area contributed by atoms with Crippen LogP contribution in [0.3, 0.4) is 0 Å². The minimum Gasteiger partial charge on any atom is -0.464 e. The van der Waals surface area contributed by atoms with Gasteiger partial charge in [-0.3, -0.25) is 0 Å². The molecule has 0 fully saturated rings. The lowest BCUT2D eigenvalue weighted by atomic mass is 9.96.